The Morgan fingerprint density at radius 1 is 1.45 bits per heavy atom. The Kier molecular flexibility index (Phi) is 1.57. The van der Waals surface area contributed by atoms with Gasteiger partial charge in [-0.25, -0.2) is 0 Å². The molecule has 0 aromatic rings. The van der Waals surface area contributed by atoms with Gasteiger partial charge in [-0.05, 0) is 24.6 Å². The molecule has 1 aliphatic carbocycles. The first kappa shape index (κ1) is 7.04. The largest absolute Gasteiger partial charge is 0.257 e. The van der Waals surface area contributed by atoms with Crippen LogP contribution in [0.1, 0.15) is 13.3 Å². The second-order valence-corrected chi connectivity index (χ2v) is 3.65. The van der Waals surface area contributed by atoms with Crippen molar-refractivity contribution in [2.75, 3.05) is 0 Å². The van der Waals surface area contributed by atoms with Gasteiger partial charge in [0.05, 0.1) is 5.71 Å². The molecule has 0 N–H and O–H groups in total. The van der Waals surface area contributed by atoms with Gasteiger partial charge in [0.2, 0.25) is 0 Å². The molecule has 2 aliphatic rings. The third kappa shape index (κ3) is 1.23. The lowest BCUT2D eigenvalue weighted by molar-refractivity contribution is 1.31. The first-order valence-electron chi connectivity index (χ1n) is 3.59. The number of fused-ring (bicyclic) bond motifs is 1. The highest BCUT2D eigenvalue weighted by Gasteiger charge is 2.13. The summed E-state index contributed by atoms with van der Waals surface area (Å²) in [6, 6.07) is 0. The van der Waals surface area contributed by atoms with E-state index in [-0.39, 0.29) is 0 Å². The molecule has 2 rings (SSSR count). The SMILES string of the molecule is CC1=CC2=CC(Br)=CCC2=N1. The van der Waals surface area contributed by atoms with Gasteiger partial charge in [0.25, 0.3) is 0 Å². The maximum Gasteiger partial charge on any atom is 0.0518 e. The summed E-state index contributed by atoms with van der Waals surface area (Å²) < 4.78 is 1.16. The fourth-order valence-corrected chi connectivity index (χ4v) is 1.72. The normalized spacial score (nSPS) is 21.6. The van der Waals surface area contributed by atoms with Crippen molar-refractivity contribution in [3.05, 3.63) is 34.0 Å². The molecular formula is C9H8BrN. The van der Waals surface area contributed by atoms with Gasteiger partial charge >= 0.3 is 0 Å². The van der Waals surface area contributed by atoms with Gasteiger partial charge in [0, 0.05) is 16.6 Å². The van der Waals surface area contributed by atoms with Crippen LogP contribution in [0.5, 0.6) is 0 Å². The molecule has 0 spiro atoms. The van der Waals surface area contributed by atoms with Crippen molar-refractivity contribution >= 4 is 21.6 Å². The van der Waals surface area contributed by atoms with E-state index in [1.54, 1.807) is 0 Å². The maximum absolute atomic E-state index is 4.39. The molecule has 0 radical (unpaired) electrons. The van der Waals surface area contributed by atoms with E-state index in [2.05, 4.69) is 39.2 Å². The first-order valence-corrected chi connectivity index (χ1v) is 4.38. The average Bonchev–Trinajstić information content (AvgIpc) is 2.27. The van der Waals surface area contributed by atoms with Crippen LogP contribution in [0.4, 0.5) is 0 Å². The van der Waals surface area contributed by atoms with Crippen LogP contribution >= 0.6 is 15.9 Å². The first-order chi connectivity index (χ1) is 5.25. The molecule has 2 heteroatoms. The van der Waals surface area contributed by atoms with Crippen molar-refractivity contribution in [1.82, 2.24) is 0 Å². The monoisotopic (exact) mass is 209 g/mol. The number of hydrogen-bond acceptors (Lipinski definition) is 1. The Morgan fingerprint density at radius 2 is 2.27 bits per heavy atom. The van der Waals surface area contributed by atoms with Gasteiger partial charge < -0.3 is 0 Å². The molecule has 0 amide bonds. The fourth-order valence-electron chi connectivity index (χ4n) is 1.31. The van der Waals surface area contributed by atoms with Crippen LogP contribution in [0, 0.1) is 0 Å². The van der Waals surface area contributed by atoms with Crippen molar-refractivity contribution in [1.29, 1.82) is 0 Å². The average molecular weight is 210 g/mol. The molecule has 56 valence electrons. The molecule has 0 saturated heterocycles. The molecular weight excluding hydrogens is 202 g/mol. The molecule has 0 bridgehead atoms. The van der Waals surface area contributed by atoms with Crippen molar-refractivity contribution < 1.29 is 0 Å². The van der Waals surface area contributed by atoms with E-state index in [4.69, 9.17) is 0 Å². The second kappa shape index (κ2) is 2.45. The quantitative estimate of drug-likeness (QED) is 0.582. The lowest BCUT2D eigenvalue weighted by Crippen LogP contribution is -1.99. The van der Waals surface area contributed by atoms with Gasteiger partial charge in [-0.1, -0.05) is 22.0 Å². The molecule has 0 fully saturated rings. The molecule has 11 heavy (non-hydrogen) atoms. The van der Waals surface area contributed by atoms with Crippen LogP contribution in [0.2, 0.25) is 0 Å². The van der Waals surface area contributed by atoms with E-state index < -0.39 is 0 Å². The smallest absolute Gasteiger partial charge is 0.0518 e. The van der Waals surface area contributed by atoms with Crippen molar-refractivity contribution in [2.24, 2.45) is 4.99 Å². The zero-order valence-electron chi connectivity index (χ0n) is 6.26. The van der Waals surface area contributed by atoms with E-state index in [9.17, 15) is 0 Å². The van der Waals surface area contributed by atoms with Crippen LogP contribution in [0.25, 0.3) is 0 Å². The lowest BCUT2D eigenvalue weighted by Gasteiger charge is -2.04. The third-order valence-corrected chi connectivity index (χ3v) is 2.35. The molecule has 1 heterocycles. The van der Waals surface area contributed by atoms with Crippen LogP contribution in [0.15, 0.2) is 39.0 Å². The molecule has 0 aromatic carbocycles. The van der Waals surface area contributed by atoms with Crippen LogP contribution in [-0.4, -0.2) is 5.71 Å². The molecule has 0 atom stereocenters. The maximum atomic E-state index is 4.39. The number of nitrogens with zero attached hydrogens (tertiary/aromatic N) is 1. The van der Waals surface area contributed by atoms with E-state index in [0.29, 0.717) is 0 Å². The topological polar surface area (TPSA) is 12.4 Å². The van der Waals surface area contributed by atoms with Gasteiger partial charge in [-0.2, -0.15) is 0 Å². The van der Waals surface area contributed by atoms with E-state index >= 15 is 0 Å². The van der Waals surface area contributed by atoms with Crippen LogP contribution in [-0.2, 0) is 0 Å². The lowest BCUT2D eigenvalue weighted by atomic mass is 10.0. The third-order valence-electron chi connectivity index (χ3n) is 1.79. The minimum Gasteiger partial charge on any atom is -0.257 e. The summed E-state index contributed by atoms with van der Waals surface area (Å²) in [7, 11) is 0. The molecule has 0 unspecified atom stereocenters. The molecule has 0 aromatic heterocycles. The minimum atomic E-state index is 0.959. The zero-order chi connectivity index (χ0) is 7.84. The van der Waals surface area contributed by atoms with Gasteiger partial charge in [0.15, 0.2) is 0 Å². The fraction of sp³-hybridized carbons (Fsp3) is 0.222. The standard InChI is InChI=1S/C9H8BrN/c1-6-4-7-5-8(10)2-3-9(7)11-6/h2,4-5H,3H2,1H3. The number of halogens is 1. The summed E-state index contributed by atoms with van der Waals surface area (Å²) in [6.07, 6.45) is 7.32. The summed E-state index contributed by atoms with van der Waals surface area (Å²) in [5, 5.41) is 0. The Labute approximate surface area is 74.3 Å². The molecule has 1 aliphatic heterocycles. The summed E-state index contributed by atoms with van der Waals surface area (Å²) in [4.78, 5) is 4.39. The number of rotatable bonds is 0. The van der Waals surface area contributed by atoms with Crippen LogP contribution in [0.3, 0.4) is 0 Å². The van der Waals surface area contributed by atoms with Gasteiger partial charge in [0.1, 0.15) is 0 Å². The Bertz CT molecular complexity index is 318. The van der Waals surface area contributed by atoms with Gasteiger partial charge in [-0.15, -0.1) is 0 Å². The Morgan fingerprint density at radius 3 is 3.09 bits per heavy atom. The van der Waals surface area contributed by atoms with Crippen molar-refractivity contribution in [3.8, 4) is 0 Å². The van der Waals surface area contributed by atoms with E-state index in [1.165, 1.54) is 11.3 Å². The highest BCUT2D eigenvalue weighted by molar-refractivity contribution is 9.11. The predicted octanol–water partition coefficient (Wildman–Crippen LogP) is 2.95. The Hall–Kier alpha value is -0.630. The number of hydrogen-bond donors (Lipinski definition) is 0. The number of allylic oxidation sites excluding steroid dienone is 6. The summed E-state index contributed by atoms with van der Waals surface area (Å²) in [5.41, 5.74) is 3.57. The second-order valence-electron chi connectivity index (χ2n) is 2.74. The molecule has 1 nitrogen and oxygen atoms in total. The van der Waals surface area contributed by atoms with E-state index in [1.807, 2.05) is 6.92 Å². The van der Waals surface area contributed by atoms with E-state index in [0.717, 1.165) is 16.6 Å². The minimum absolute atomic E-state index is 0.959. The van der Waals surface area contributed by atoms with Crippen molar-refractivity contribution in [3.63, 3.8) is 0 Å². The molecule has 0 saturated carbocycles. The zero-order valence-corrected chi connectivity index (χ0v) is 7.85. The number of aliphatic imine (C=N–C) groups is 1. The summed E-state index contributed by atoms with van der Waals surface area (Å²) in [5.74, 6) is 0. The summed E-state index contributed by atoms with van der Waals surface area (Å²) >= 11 is 3.45. The predicted molar refractivity (Wildman–Crippen MR) is 50.9 cm³/mol. The highest BCUT2D eigenvalue weighted by Crippen LogP contribution is 2.26. The van der Waals surface area contributed by atoms with Crippen molar-refractivity contribution in [2.45, 2.75) is 13.3 Å². The summed E-state index contributed by atoms with van der Waals surface area (Å²) in [6.45, 7) is 2.03. The van der Waals surface area contributed by atoms with Gasteiger partial charge in [-0.3, -0.25) is 4.99 Å². The highest BCUT2D eigenvalue weighted by atomic mass is 79.9. The Balaban J connectivity index is 2.43. The van der Waals surface area contributed by atoms with Crippen LogP contribution < -0.4 is 0 Å².